The zero-order valence-electron chi connectivity index (χ0n) is 8.76. The van der Waals surface area contributed by atoms with Crippen LogP contribution < -0.4 is 0 Å². The highest BCUT2D eigenvalue weighted by Gasteiger charge is 2.02. The van der Waals surface area contributed by atoms with Gasteiger partial charge in [0.25, 0.3) is 0 Å². The summed E-state index contributed by atoms with van der Waals surface area (Å²) in [6.45, 7) is 3.70. The van der Waals surface area contributed by atoms with Crippen molar-refractivity contribution in [2.45, 2.75) is 13.8 Å². The zero-order valence-corrected chi connectivity index (χ0v) is 10.3. The van der Waals surface area contributed by atoms with Crippen LogP contribution in [0.25, 0.3) is 0 Å². The Bertz CT molecular complexity index is 525. The van der Waals surface area contributed by atoms with Crippen molar-refractivity contribution in [1.82, 2.24) is 0 Å². The first-order chi connectivity index (χ1) is 6.79. The van der Waals surface area contributed by atoms with Crippen molar-refractivity contribution in [2.24, 2.45) is 0 Å². The number of benzene rings is 1. The fraction of sp³-hybridized carbons (Fsp3) is 0.273. The molecule has 2 nitrogen and oxygen atoms in total. The number of hydrogen-bond acceptors (Lipinski definition) is 2. The summed E-state index contributed by atoms with van der Waals surface area (Å²) >= 11 is 5.85. The second-order valence-corrected chi connectivity index (χ2v) is 5.60. The summed E-state index contributed by atoms with van der Waals surface area (Å²) in [4.78, 5) is 0. The van der Waals surface area contributed by atoms with E-state index in [1.165, 1.54) is 0 Å². The van der Waals surface area contributed by atoms with Crippen LogP contribution in [0.4, 0.5) is 0 Å². The minimum absolute atomic E-state index is 0.634. The standard InChI is InChI=1S/C11H11ClO2S/c1-8-6-10(12)7-9(2)11(8)4-5-15(3,13)14/h6-7H,1-3H3. The van der Waals surface area contributed by atoms with Crippen LogP contribution in [-0.2, 0) is 9.84 Å². The maximum Gasteiger partial charge on any atom is 0.214 e. The van der Waals surface area contributed by atoms with Crippen LogP contribution in [-0.4, -0.2) is 14.7 Å². The lowest BCUT2D eigenvalue weighted by Gasteiger charge is -2.03. The smallest absolute Gasteiger partial charge is 0.214 e. The molecule has 0 bridgehead atoms. The maximum atomic E-state index is 10.9. The summed E-state index contributed by atoms with van der Waals surface area (Å²) in [6.07, 6.45) is 1.08. The van der Waals surface area contributed by atoms with Gasteiger partial charge >= 0.3 is 0 Å². The van der Waals surface area contributed by atoms with E-state index in [1.54, 1.807) is 12.1 Å². The number of rotatable bonds is 0. The second-order valence-electron chi connectivity index (χ2n) is 3.41. The van der Waals surface area contributed by atoms with Crippen molar-refractivity contribution >= 4 is 21.4 Å². The molecule has 0 atom stereocenters. The zero-order chi connectivity index (χ0) is 11.6. The molecule has 1 aromatic carbocycles. The SMILES string of the molecule is Cc1cc(Cl)cc(C)c1C#CS(C)(=O)=O. The van der Waals surface area contributed by atoms with E-state index in [-0.39, 0.29) is 0 Å². The van der Waals surface area contributed by atoms with Gasteiger partial charge < -0.3 is 0 Å². The molecule has 0 aliphatic heterocycles. The highest BCUT2D eigenvalue weighted by atomic mass is 35.5. The van der Waals surface area contributed by atoms with Crippen LogP contribution >= 0.6 is 11.6 Å². The van der Waals surface area contributed by atoms with E-state index in [0.717, 1.165) is 22.9 Å². The van der Waals surface area contributed by atoms with Crippen LogP contribution in [0.5, 0.6) is 0 Å². The lowest BCUT2D eigenvalue weighted by molar-refractivity contribution is 0.611. The predicted octanol–water partition coefficient (Wildman–Crippen LogP) is 2.31. The Hall–Kier alpha value is -0.980. The Balaban J connectivity index is 3.32. The van der Waals surface area contributed by atoms with Gasteiger partial charge in [0.15, 0.2) is 0 Å². The third-order valence-electron chi connectivity index (χ3n) is 1.86. The molecule has 0 unspecified atom stereocenters. The first-order valence-corrected chi connectivity index (χ1v) is 6.56. The van der Waals surface area contributed by atoms with Crippen molar-refractivity contribution in [2.75, 3.05) is 6.26 Å². The topological polar surface area (TPSA) is 34.1 Å². The summed E-state index contributed by atoms with van der Waals surface area (Å²) in [6, 6.07) is 3.53. The van der Waals surface area contributed by atoms with Gasteiger partial charge in [-0.15, -0.1) is 0 Å². The number of aryl methyl sites for hydroxylation is 2. The molecule has 0 fully saturated rings. The van der Waals surface area contributed by atoms with Gasteiger partial charge in [0.1, 0.15) is 0 Å². The third kappa shape index (κ3) is 3.58. The van der Waals surface area contributed by atoms with Crippen molar-refractivity contribution in [3.05, 3.63) is 33.8 Å². The van der Waals surface area contributed by atoms with Crippen LogP contribution in [0, 0.1) is 25.0 Å². The molecule has 0 aliphatic carbocycles. The minimum Gasteiger partial charge on any atom is -0.216 e. The first kappa shape index (κ1) is 12.1. The Kier molecular flexibility index (Phi) is 3.43. The lowest BCUT2D eigenvalue weighted by Crippen LogP contribution is -1.92. The molecule has 0 aliphatic rings. The van der Waals surface area contributed by atoms with Crippen LogP contribution in [0.3, 0.4) is 0 Å². The Morgan fingerprint density at radius 3 is 2.07 bits per heavy atom. The monoisotopic (exact) mass is 242 g/mol. The van der Waals surface area contributed by atoms with Gasteiger partial charge in [-0.05, 0) is 43.0 Å². The molecule has 4 heteroatoms. The lowest BCUT2D eigenvalue weighted by atomic mass is 10.0. The summed E-state index contributed by atoms with van der Waals surface area (Å²) in [7, 11) is -3.26. The van der Waals surface area contributed by atoms with Crippen molar-refractivity contribution in [3.8, 4) is 11.2 Å². The number of hydrogen-bond donors (Lipinski definition) is 0. The van der Waals surface area contributed by atoms with Crippen molar-refractivity contribution in [1.29, 1.82) is 0 Å². The molecule has 1 rings (SSSR count). The van der Waals surface area contributed by atoms with Crippen LogP contribution in [0.1, 0.15) is 16.7 Å². The van der Waals surface area contributed by atoms with Gasteiger partial charge in [0.2, 0.25) is 9.84 Å². The highest BCUT2D eigenvalue weighted by molar-refractivity contribution is 7.95. The molecule has 0 aromatic heterocycles. The Morgan fingerprint density at radius 2 is 1.67 bits per heavy atom. The number of halogens is 1. The molecule has 1 aromatic rings. The normalized spacial score (nSPS) is 10.7. The molecule has 0 saturated heterocycles. The third-order valence-corrected chi connectivity index (χ3v) is 2.55. The first-order valence-electron chi connectivity index (χ1n) is 4.29. The molecular weight excluding hydrogens is 232 g/mol. The van der Waals surface area contributed by atoms with Gasteiger partial charge in [-0.3, -0.25) is 0 Å². The minimum atomic E-state index is -3.26. The van der Waals surface area contributed by atoms with E-state index in [9.17, 15) is 8.42 Å². The van der Waals surface area contributed by atoms with Gasteiger partial charge in [-0.25, -0.2) is 8.42 Å². The molecule has 80 valence electrons. The quantitative estimate of drug-likeness (QED) is 0.655. The molecule has 0 heterocycles. The van der Waals surface area contributed by atoms with Gasteiger partial charge in [0.05, 0.1) is 6.26 Å². The average molecular weight is 243 g/mol. The summed E-state index contributed by atoms with van der Waals surface area (Å²) in [5.74, 6) is 2.65. The Labute approximate surface area is 95.2 Å². The average Bonchev–Trinajstić information content (AvgIpc) is 1.99. The van der Waals surface area contributed by atoms with E-state index >= 15 is 0 Å². The van der Waals surface area contributed by atoms with Gasteiger partial charge in [0, 0.05) is 15.8 Å². The second kappa shape index (κ2) is 4.26. The van der Waals surface area contributed by atoms with Gasteiger partial charge in [-0.1, -0.05) is 11.6 Å². The summed E-state index contributed by atoms with van der Waals surface area (Å²) in [5.41, 5.74) is 2.50. The highest BCUT2D eigenvalue weighted by Crippen LogP contribution is 2.19. The molecule has 0 saturated carbocycles. The van der Waals surface area contributed by atoms with Crippen LogP contribution in [0.15, 0.2) is 12.1 Å². The van der Waals surface area contributed by atoms with Crippen molar-refractivity contribution < 1.29 is 8.42 Å². The Morgan fingerprint density at radius 1 is 1.20 bits per heavy atom. The maximum absolute atomic E-state index is 10.9. The van der Waals surface area contributed by atoms with Crippen LogP contribution in [0.2, 0.25) is 5.02 Å². The van der Waals surface area contributed by atoms with Gasteiger partial charge in [-0.2, -0.15) is 0 Å². The predicted molar refractivity (Wildman–Crippen MR) is 62.6 cm³/mol. The van der Waals surface area contributed by atoms with E-state index in [2.05, 4.69) is 11.2 Å². The molecule has 15 heavy (non-hydrogen) atoms. The molecule has 0 amide bonds. The fourth-order valence-electron chi connectivity index (χ4n) is 1.25. The van der Waals surface area contributed by atoms with E-state index in [1.807, 2.05) is 13.8 Å². The largest absolute Gasteiger partial charge is 0.216 e. The van der Waals surface area contributed by atoms with E-state index in [4.69, 9.17) is 11.6 Å². The molecular formula is C11H11ClO2S. The van der Waals surface area contributed by atoms with E-state index in [0.29, 0.717) is 5.02 Å². The summed E-state index contributed by atoms with van der Waals surface area (Å²) in [5, 5.41) is 2.85. The number of sulfone groups is 1. The molecule has 0 N–H and O–H groups in total. The fourth-order valence-corrected chi connectivity index (χ4v) is 1.87. The van der Waals surface area contributed by atoms with E-state index < -0.39 is 9.84 Å². The van der Waals surface area contributed by atoms with Crippen molar-refractivity contribution in [3.63, 3.8) is 0 Å². The summed E-state index contributed by atoms with van der Waals surface area (Å²) < 4.78 is 21.8. The molecule has 0 radical (unpaired) electrons. The molecule has 0 spiro atoms.